The number of aldehydes is 1. The van der Waals surface area contributed by atoms with Crippen molar-refractivity contribution in [2.45, 2.75) is 13.1 Å². The van der Waals surface area contributed by atoms with E-state index in [1.165, 1.54) is 6.92 Å². The van der Waals surface area contributed by atoms with E-state index < -0.39 is 17.6 Å². The first-order chi connectivity index (χ1) is 6.36. The van der Waals surface area contributed by atoms with Crippen LogP contribution in [0.1, 0.15) is 21.5 Å². The molecule has 0 bridgehead atoms. The summed E-state index contributed by atoms with van der Waals surface area (Å²) in [5.74, 6) is -1.15. The second-order valence-electron chi connectivity index (χ2n) is 2.80. The van der Waals surface area contributed by atoms with Gasteiger partial charge in [0.25, 0.3) is 0 Å². The van der Waals surface area contributed by atoms with Crippen LogP contribution in [0.5, 0.6) is 0 Å². The van der Waals surface area contributed by atoms with E-state index in [0.717, 1.165) is 6.07 Å². The van der Waals surface area contributed by atoms with Gasteiger partial charge in [0.2, 0.25) is 0 Å². The van der Waals surface area contributed by atoms with Crippen LogP contribution in [0, 0.1) is 12.7 Å². The lowest BCUT2D eigenvalue weighted by atomic mass is 10.1. The molecule has 1 aromatic rings. The molecule has 0 N–H and O–H groups in total. The van der Waals surface area contributed by atoms with Crippen molar-refractivity contribution in [2.75, 3.05) is 0 Å². The standard InChI is InChI=1S/C9H6F4O/c1-5-2-6(9(11,12)13)3-8(10)7(5)4-14/h2-4H,1H3. The average molecular weight is 206 g/mol. The minimum atomic E-state index is -4.59. The van der Waals surface area contributed by atoms with E-state index in [9.17, 15) is 22.4 Å². The van der Waals surface area contributed by atoms with Gasteiger partial charge in [-0.05, 0) is 24.6 Å². The zero-order valence-corrected chi connectivity index (χ0v) is 7.15. The smallest absolute Gasteiger partial charge is 0.298 e. The molecule has 14 heavy (non-hydrogen) atoms. The van der Waals surface area contributed by atoms with Crippen LogP contribution in [0.15, 0.2) is 12.1 Å². The molecule has 5 heteroatoms. The fourth-order valence-corrected chi connectivity index (χ4v) is 1.07. The molecule has 0 unspecified atom stereocenters. The van der Waals surface area contributed by atoms with Gasteiger partial charge >= 0.3 is 6.18 Å². The Kier molecular flexibility index (Phi) is 2.59. The Morgan fingerprint density at radius 3 is 2.21 bits per heavy atom. The number of halogens is 4. The van der Waals surface area contributed by atoms with Crippen molar-refractivity contribution in [1.82, 2.24) is 0 Å². The Labute approximate surface area is 77.3 Å². The summed E-state index contributed by atoms with van der Waals surface area (Å²) >= 11 is 0. The maximum absolute atomic E-state index is 12.9. The molecule has 0 aliphatic carbocycles. The number of hydrogen-bond donors (Lipinski definition) is 0. The van der Waals surface area contributed by atoms with Crippen molar-refractivity contribution < 1.29 is 22.4 Å². The number of carbonyl (C=O) groups excluding carboxylic acids is 1. The summed E-state index contributed by atoms with van der Waals surface area (Å²) < 4.78 is 49.3. The van der Waals surface area contributed by atoms with Gasteiger partial charge in [0, 0.05) is 0 Å². The highest BCUT2D eigenvalue weighted by Crippen LogP contribution is 2.31. The monoisotopic (exact) mass is 206 g/mol. The summed E-state index contributed by atoms with van der Waals surface area (Å²) in [5.41, 5.74) is -1.44. The van der Waals surface area contributed by atoms with Gasteiger partial charge in [-0.15, -0.1) is 0 Å². The highest BCUT2D eigenvalue weighted by atomic mass is 19.4. The van der Waals surface area contributed by atoms with E-state index in [0.29, 0.717) is 6.07 Å². The van der Waals surface area contributed by atoms with E-state index in [2.05, 4.69) is 0 Å². The number of alkyl halides is 3. The quantitative estimate of drug-likeness (QED) is 0.510. The summed E-state index contributed by atoms with van der Waals surface area (Å²) in [6, 6.07) is 1.06. The lowest BCUT2D eigenvalue weighted by Crippen LogP contribution is -2.07. The number of hydrogen-bond acceptors (Lipinski definition) is 1. The summed E-state index contributed by atoms with van der Waals surface area (Å²) in [5, 5.41) is 0. The van der Waals surface area contributed by atoms with Gasteiger partial charge in [-0.1, -0.05) is 0 Å². The molecule has 0 spiro atoms. The van der Waals surface area contributed by atoms with Crippen molar-refractivity contribution in [3.05, 3.63) is 34.6 Å². The van der Waals surface area contributed by atoms with E-state index in [-0.39, 0.29) is 17.4 Å². The maximum atomic E-state index is 12.9. The maximum Gasteiger partial charge on any atom is 0.416 e. The van der Waals surface area contributed by atoms with Crippen LogP contribution >= 0.6 is 0 Å². The van der Waals surface area contributed by atoms with E-state index >= 15 is 0 Å². The van der Waals surface area contributed by atoms with Crippen molar-refractivity contribution >= 4 is 6.29 Å². The number of aryl methyl sites for hydroxylation is 1. The third kappa shape index (κ3) is 1.92. The van der Waals surface area contributed by atoms with Crippen LogP contribution in [0.2, 0.25) is 0 Å². The molecular formula is C9H6F4O. The first-order valence-corrected chi connectivity index (χ1v) is 3.69. The molecule has 1 aromatic carbocycles. The molecule has 0 aliphatic heterocycles. The molecule has 0 atom stereocenters. The molecule has 0 radical (unpaired) electrons. The molecule has 0 fully saturated rings. The van der Waals surface area contributed by atoms with Crippen molar-refractivity contribution in [3.63, 3.8) is 0 Å². The lowest BCUT2D eigenvalue weighted by Gasteiger charge is -2.09. The fourth-order valence-electron chi connectivity index (χ4n) is 1.07. The Morgan fingerprint density at radius 1 is 1.29 bits per heavy atom. The predicted octanol–water partition coefficient (Wildman–Crippen LogP) is 2.97. The Hall–Kier alpha value is -1.39. The van der Waals surface area contributed by atoms with Gasteiger partial charge in [-0.25, -0.2) is 4.39 Å². The Balaban J connectivity index is 3.35. The first-order valence-electron chi connectivity index (χ1n) is 3.69. The molecule has 0 saturated heterocycles. The summed E-state index contributed by atoms with van der Waals surface area (Å²) in [4.78, 5) is 10.3. The van der Waals surface area contributed by atoms with Crippen molar-refractivity contribution in [3.8, 4) is 0 Å². The molecule has 1 nitrogen and oxygen atoms in total. The van der Waals surface area contributed by atoms with Crippen LogP contribution in [-0.2, 0) is 6.18 Å². The van der Waals surface area contributed by atoms with Crippen LogP contribution in [0.4, 0.5) is 17.6 Å². The molecule has 0 amide bonds. The number of benzene rings is 1. The van der Waals surface area contributed by atoms with Crippen molar-refractivity contribution in [2.24, 2.45) is 0 Å². The summed E-state index contributed by atoms with van der Waals surface area (Å²) in [7, 11) is 0. The minimum Gasteiger partial charge on any atom is -0.298 e. The topological polar surface area (TPSA) is 17.1 Å². The minimum absolute atomic E-state index is 0.0210. The van der Waals surface area contributed by atoms with Gasteiger partial charge in [0.05, 0.1) is 11.1 Å². The van der Waals surface area contributed by atoms with Gasteiger partial charge < -0.3 is 0 Å². The molecular weight excluding hydrogens is 200 g/mol. The van der Waals surface area contributed by atoms with Crippen LogP contribution in [-0.4, -0.2) is 6.29 Å². The average Bonchev–Trinajstić information content (AvgIpc) is 2.01. The summed E-state index contributed by atoms with van der Waals surface area (Å²) in [6.45, 7) is 1.25. The zero-order chi connectivity index (χ0) is 10.9. The molecule has 0 aliphatic rings. The Morgan fingerprint density at radius 2 is 1.86 bits per heavy atom. The lowest BCUT2D eigenvalue weighted by molar-refractivity contribution is -0.137. The highest BCUT2D eigenvalue weighted by Gasteiger charge is 2.31. The SMILES string of the molecule is Cc1cc(C(F)(F)F)cc(F)c1C=O. The van der Waals surface area contributed by atoms with Gasteiger partial charge in [0.15, 0.2) is 6.29 Å². The van der Waals surface area contributed by atoms with Gasteiger partial charge in [0.1, 0.15) is 5.82 Å². The largest absolute Gasteiger partial charge is 0.416 e. The summed E-state index contributed by atoms with van der Waals surface area (Å²) in [6.07, 6.45) is -4.39. The second kappa shape index (κ2) is 3.40. The van der Waals surface area contributed by atoms with E-state index in [4.69, 9.17) is 0 Å². The van der Waals surface area contributed by atoms with Crippen LogP contribution in [0.3, 0.4) is 0 Å². The number of rotatable bonds is 1. The normalized spacial score (nSPS) is 11.5. The number of carbonyl (C=O) groups is 1. The highest BCUT2D eigenvalue weighted by molar-refractivity contribution is 5.77. The molecule has 76 valence electrons. The predicted molar refractivity (Wildman–Crippen MR) is 41.5 cm³/mol. The fraction of sp³-hybridized carbons (Fsp3) is 0.222. The van der Waals surface area contributed by atoms with E-state index in [1.54, 1.807) is 0 Å². The molecule has 0 heterocycles. The van der Waals surface area contributed by atoms with Crippen molar-refractivity contribution in [1.29, 1.82) is 0 Å². The molecule has 1 rings (SSSR count). The molecule has 0 aromatic heterocycles. The second-order valence-corrected chi connectivity index (χ2v) is 2.80. The van der Waals surface area contributed by atoms with E-state index in [1.807, 2.05) is 0 Å². The van der Waals surface area contributed by atoms with Gasteiger partial charge in [-0.2, -0.15) is 13.2 Å². The van der Waals surface area contributed by atoms with Crippen LogP contribution in [0.25, 0.3) is 0 Å². The third-order valence-corrected chi connectivity index (χ3v) is 1.78. The molecule has 0 saturated carbocycles. The van der Waals surface area contributed by atoms with Gasteiger partial charge in [-0.3, -0.25) is 4.79 Å². The van der Waals surface area contributed by atoms with Crippen LogP contribution < -0.4 is 0 Å². The zero-order valence-electron chi connectivity index (χ0n) is 7.15. The Bertz CT molecular complexity index is 345. The third-order valence-electron chi connectivity index (χ3n) is 1.78. The first kappa shape index (κ1) is 10.7.